The van der Waals surface area contributed by atoms with Gasteiger partial charge in [0.15, 0.2) is 0 Å². The van der Waals surface area contributed by atoms with Crippen molar-refractivity contribution in [3.63, 3.8) is 0 Å². The Morgan fingerprint density at radius 3 is 2.00 bits per heavy atom. The van der Waals surface area contributed by atoms with Gasteiger partial charge in [-0.15, -0.1) is 0 Å². The van der Waals surface area contributed by atoms with Gasteiger partial charge in [-0.25, -0.2) is 8.42 Å². The molecule has 0 heterocycles. The van der Waals surface area contributed by atoms with Crippen molar-refractivity contribution in [2.45, 2.75) is 30.7 Å². The zero-order valence-corrected chi connectivity index (χ0v) is 15.8. The maximum atomic E-state index is 12.6. The molecule has 2 aromatic carbocycles. The van der Waals surface area contributed by atoms with E-state index < -0.39 is 21.0 Å². The first-order valence-electron chi connectivity index (χ1n) is 8.19. The quantitative estimate of drug-likeness (QED) is 0.589. The van der Waals surface area contributed by atoms with E-state index in [2.05, 4.69) is 13.8 Å². The molecule has 140 valence electrons. The molecule has 8 heteroatoms. The van der Waals surface area contributed by atoms with Crippen LogP contribution in [0.1, 0.15) is 36.9 Å². The summed E-state index contributed by atoms with van der Waals surface area (Å²) >= 11 is 0. The van der Waals surface area contributed by atoms with Crippen molar-refractivity contribution in [2.24, 2.45) is 5.73 Å². The summed E-state index contributed by atoms with van der Waals surface area (Å²) in [5.74, 6) is 0.408. The second kappa shape index (κ2) is 7.94. The number of nitro groups is 1. The summed E-state index contributed by atoms with van der Waals surface area (Å²) in [6.07, 6.45) is 0. The van der Waals surface area contributed by atoms with Crippen molar-refractivity contribution in [1.82, 2.24) is 4.31 Å². The molecular formula is C18H23N3O4S. The van der Waals surface area contributed by atoms with Crippen molar-refractivity contribution < 1.29 is 13.3 Å². The van der Waals surface area contributed by atoms with Crippen LogP contribution in [-0.4, -0.2) is 31.2 Å². The third-order valence-electron chi connectivity index (χ3n) is 4.24. The number of rotatable bonds is 7. The number of nitrogens with two attached hydrogens (primary N) is 1. The van der Waals surface area contributed by atoms with Gasteiger partial charge in [-0.1, -0.05) is 38.1 Å². The topological polar surface area (TPSA) is 107 Å². The maximum absolute atomic E-state index is 12.6. The molecule has 7 nitrogen and oxygen atoms in total. The Labute approximate surface area is 153 Å². The lowest BCUT2D eigenvalue weighted by molar-refractivity contribution is -0.384. The summed E-state index contributed by atoms with van der Waals surface area (Å²) in [5.41, 5.74) is 8.04. The average Bonchev–Trinajstić information content (AvgIpc) is 2.61. The molecular weight excluding hydrogens is 354 g/mol. The smallest absolute Gasteiger partial charge is 0.269 e. The third kappa shape index (κ3) is 4.46. The number of nitrogens with zero attached hydrogens (tertiary/aromatic N) is 2. The molecule has 0 fully saturated rings. The monoisotopic (exact) mass is 377 g/mol. The Morgan fingerprint density at radius 2 is 1.54 bits per heavy atom. The van der Waals surface area contributed by atoms with E-state index in [-0.39, 0.29) is 17.1 Å². The molecule has 0 saturated heterocycles. The Balaban J connectivity index is 2.13. The molecule has 2 N–H and O–H groups in total. The van der Waals surface area contributed by atoms with Crippen LogP contribution in [-0.2, 0) is 10.0 Å². The van der Waals surface area contributed by atoms with Crippen LogP contribution >= 0.6 is 0 Å². The molecule has 2 rings (SSSR count). The minimum atomic E-state index is -3.78. The van der Waals surface area contributed by atoms with Crippen LogP contribution in [0, 0.1) is 10.1 Å². The molecule has 0 aliphatic carbocycles. The van der Waals surface area contributed by atoms with E-state index in [0.717, 1.165) is 9.87 Å². The molecule has 0 saturated carbocycles. The van der Waals surface area contributed by atoms with Crippen LogP contribution in [0.15, 0.2) is 53.4 Å². The summed E-state index contributed by atoms with van der Waals surface area (Å²) in [6.45, 7) is 4.29. The molecule has 0 aliphatic rings. The maximum Gasteiger partial charge on any atom is 0.269 e. The highest BCUT2D eigenvalue weighted by atomic mass is 32.2. The fraction of sp³-hybridized carbons (Fsp3) is 0.333. The summed E-state index contributed by atoms with van der Waals surface area (Å²) in [7, 11) is -2.33. The van der Waals surface area contributed by atoms with Gasteiger partial charge >= 0.3 is 0 Å². The highest BCUT2D eigenvalue weighted by Gasteiger charge is 2.24. The lowest BCUT2D eigenvalue weighted by Crippen LogP contribution is -2.34. The van der Waals surface area contributed by atoms with Crippen LogP contribution in [0.25, 0.3) is 0 Å². The fourth-order valence-corrected chi connectivity index (χ4v) is 3.73. The van der Waals surface area contributed by atoms with Crippen molar-refractivity contribution in [3.05, 3.63) is 69.8 Å². The van der Waals surface area contributed by atoms with Gasteiger partial charge in [0.05, 0.1) is 9.82 Å². The van der Waals surface area contributed by atoms with Crippen molar-refractivity contribution in [1.29, 1.82) is 0 Å². The van der Waals surface area contributed by atoms with E-state index in [1.54, 1.807) is 0 Å². The first-order valence-corrected chi connectivity index (χ1v) is 9.63. The minimum absolute atomic E-state index is 0.00652. The molecule has 1 atom stereocenters. The minimum Gasteiger partial charge on any atom is -0.323 e. The van der Waals surface area contributed by atoms with E-state index in [1.807, 2.05) is 24.3 Å². The van der Waals surface area contributed by atoms with Crippen LogP contribution in [0.3, 0.4) is 0 Å². The van der Waals surface area contributed by atoms with E-state index in [0.29, 0.717) is 5.92 Å². The zero-order valence-electron chi connectivity index (χ0n) is 15.0. The van der Waals surface area contributed by atoms with Crippen LogP contribution < -0.4 is 5.73 Å². The molecule has 2 aromatic rings. The van der Waals surface area contributed by atoms with E-state index >= 15 is 0 Å². The number of benzene rings is 2. The number of nitro benzene ring substituents is 1. The van der Waals surface area contributed by atoms with Gasteiger partial charge in [-0.05, 0) is 29.2 Å². The highest BCUT2D eigenvalue weighted by Crippen LogP contribution is 2.22. The summed E-state index contributed by atoms with van der Waals surface area (Å²) < 4.78 is 26.4. The van der Waals surface area contributed by atoms with Gasteiger partial charge in [0.25, 0.3) is 5.69 Å². The van der Waals surface area contributed by atoms with Crippen LogP contribution in [0.5, 0.6) is 0 Å². The number of likely N-dealkylation sites (N-methyl/N-ethyl adjacent to an activating group) is 1. The van der Waals surface area contributed by atoms with Crippen LogP contribution in [0.2, 0.25) is 0 Å². The van der Waals surface area contributed by atoms with Gasteiger partial charge in [0.1, 0.15) is 0 Å². The molecule has 0 amide bonds. The Hall–Kier alpha value is -2.29. The van der Waals surface area contributed by atoms with Crippen molar-refractivity contribution in [3.8, 4) is 0 Å². The van der Waals surface area contributed by atoms with Gasteiger partial charge in [0.2, 0.25) is 10.0 Å². The predicted octanol–water partition coefficient (Wildman–Crippen LogP) is 3.04. The second-order valence-corrected chi connectivity index (χ2v) is 8.51. The molecule has 0 aromatic heterocycles. The summed E-state index contributed by atoms with van der Waals surface area (Å²) in [5, 5.41) is 10.7. The first-order chi connectivity index (χ1) is 12.1. The molecule has 26 heavy (non-hydrogen) atoms. The SMILES string of the molecule is CC(C)c1ccc([C@@H](N)CN(C)S(=O)(=O)c2ccc([N+](=O)[O-])cc2)cc1. The standard InChI is InChI=1S/C18H23N3O4S/c1-13(2)14-4-6-15(7-5-14)18(19)12-20(3)26(24,25)17-10-8-16(9-11-17)21(22)23/h4-11,13,18H,12,19H2,1-3H3/t18-/m0/s1. The molecule has 0 aliphatic heterocycles. The lowest BCUT2D eigenvalue weighted by atomic mass is 9.99. The van der Waals surface area contributed by atoms with E-state index in [4.69, 9.17) is 5.73 Å². The average molecular weight is 377 g/mol. The molecule has 0 unspecified atom stereocenters. The van der Waals surface area contributed by atoms with E-state index in [1.165, 1.54) is 36.9 Å². The zero-order chi connectivity index (χ0) is 19.5. The number of hydrogen-bond donors (Lipinski definition) is 1. The Kier molecular flexibility index (Phi) is 6.12. The number of hydrogen-bond acceptors (Lipinski definition) is 5. The largest absolute Gasteiger partial charge is 0.323 e. The molecule has 0 spiro atoms. The number of non-ortho nitro benzene ring substituents is 1. The third-order valence-corrected chi connectivity index (χ3v) is 6.08. The highest BCUT2D eigenvalue weighted by molar-refractivity contribution is 7.89. The fourth-order valence-electron chi connectivity index (χ4n) is 2.53. The molecule has 0 radical (unpaired) electrons. The van der Waals surface area contributed by atoms with Crippen molar-refractivity contribution in [2.75, 3.05) is 13.6 Å². The van der Waals surface area contributed by atoms with Gasteiger partial charge in [-0.3, -0.25) is 10.1 Å². The Bertz CT molecular complexity index is 862. The van der Waals surface area contributed by atoms with Crippen molar-refractivity contribution >= 4 is 15.7 Å². The van der Waals surface area contributed by atoms with Crippen LogP contribution in [0.4, 0.5) is 5.69 Å². The van der Waals surface area contributed by atoms with E-state index in [9.17, 15) is 18.5 Å². The normalized spacial score (nSPS) is 13.2. The van der Waals surface area contributed by atoms with Gasteiger partial charge < -0.3 is 5.73 Å². The predicted molar refractivity (Wildman–Crippen MR) is 100 cm³/mol. The number of sulfonamides is 1. The summed E-state index contributed by atoms with van der Waals surface area (Å²) in [4.78, 5) is 10.1. The molecule has 0 bridgehead atoms. The Morgan fingerprint density at radius 1 is 1.04 bits per heavy atom. The van der Waals surface area contributed by atoms with Gasteiger partial charge in [-0.2, -0.15) is 4.31 Å². The van der Waals surface area contributed by atoms with Gasteiger partial charge in [0, 0.05) is 31.8 Å². The lowest BCUT2D eigenvalue weighted by Gasteiger charge is -2.22. The second-order valence-electron chi connectivity index (χ2n) is 6.46. The summed E-state index contributed by atoms with van der Waals surface area (Å²) in [6, 6.07) is 12.1. The first kappa shape index (κ1) is 20.0.